The van der Waals surface area contributed by atoms with Crippen molar-refractivity contribution in [1.29, 1.82) is 5.41 Å². The van der Waals surface area contributed by atoms with Gasteiger partial charge in [0.05, 0.1) is 4.92 Å². The fraction of sp³-hybridized carbons (Fsp3) is 0.167. The molecule has 0 amide bonds. The molecule has 0 unspecified atom stereocenters. The number of nitro groups is 1. The Balaban J connectivity index is 2.91. The van der Waals surface area contributed by atoms with E-state index in [1.165, 1.54) is 6.08 Å². The van der Waals surface area contributed by atoms with Gasteiger partial charge in [-0.2, -0.15) is 0 Å². The molecule has 0 fully saturated rings. The van der Waals surface area contributed by atoms with Crippen molar-refractivity contribution in [3.63, 3.8) is 0 Å². The standard InChI is InChI=1S/C6H6N2O2/c7-5-3-1-2-4-6(5)8(9)10/h1-2,4,7H,3H2. The zero-order valence-corrected chi connectivity index (χ0v) is 5.20. The van der Waals surface area contributed by atoms with E-state index in [-0.39, 0.29) is 11.4 Å². The van der Waals surface area contributed by atoms with E-state index in [2.05, 4.69) is 0 Å². The molecule has 0 radical (unpaired) electrons. The number of rotatable bonds is 1. The van der Waals surface area contributed by atoms with Crippen LogP contribution >= 0.6 is 0 Å². The molecule has 52 valence electrons. The molecular formula is C6H6N2O2. The maximum atomic E-state index is 10.1. The second kappa shape index (κ2) is 2.43. The van der Waals surface area contributed by atoms with Crippen LogP contribution in [0.4, 0.5) is 0 Å². The molecule has 4 heteroatoms. The van der Waals surface area contributed by atoms with Crippen molar-refractivity contribution in [3.05, 3.63) is 34.0 Å². The van der Waals surface area contributed by atoms with Gasteiger partial charge in [-0.05, 0) is 0 Å². The van der Waals surface area contributed by atoms with Crippen molar-refractivity contribution < 1.29 is 4.92 Å². The van der Waals surface area contributed by atoms with E-state index in [1.807, 2.05) is 0 Å². The van der Waals surface area contributed by atoms with Crippen LogP contribution in [-0.2, 0) is 0 Å². The topological polar surface area (TPSA) is 67.0 Å². The molecule has 0 aromatic carbocycles. The first-order valence-electron chi connectivity index (χ1n) is 2.81. The van der Waals surface area contributed by atoms with Crippen molar-refractivity contribution in [3.8, 4) is 0 Å². The highest BCUT2D eigenvalue weighted by molar-refractivity contribution is 5.97. The smallest absolute Gasteiger partial charge is 0.290 e. The summed E-state index contributed by atoms with van der Waals surface area (Å²) in [6.07, 6.45) is 5.02. The summed E-state index contributed by atoms with van der Waals surface area (Å²) in [7, 11) is 0. The highest BCUT2D eigenvalue weighted by Gasteiger charge is 2.16. The molecule has 0 aromatic rings. The molecule has 0 saturated heterocycles. The molecule has 0 atom stereocenters. The normalized spacial score (nSPS) is 16.8. The largest absolute Gasteiger partial charge is 0.298 e. The predicted octanol–water partition coefficient (Wildman–Crippen LogP) is 1.13. The van der Waals surface area contributed by atoms with E-state index in [0.717, 1.165) is 0 Å². The lowest BCUT2D eigenvalue weighted by atomic mass is 10.1. The van der Waals surface area contributed by atoms with Gasteiger partial charge in [-0.3, -0.25) is 15.5 Å². The Morgan fingerprint density at radius 2 is 2.40 bits per heavy atom. The lowest BCUT2D eigenvalue weighted by Crippen LogP contribution is -2.11. The summed E-state index contributed by atoms with van der Waals surface area (Å²) in [5, 5.41) is 17.2. The molecule has 0 aliphatic heterocycles. The van der Waals surface area contributed by atoms with Crippen molar-refractivity contribution >= 4 is 5.71 Å². The molecule has 1 rings (SSSR count). The van der Waals surface area contributed by atoms with Gasteiger partial charge in [0.1, 0.15) is 5.71 Å². The Hall–Kier alpha value is -1.45. The average molecular weight is 138 g/mol. The molecule has 1 aliphatic rings. The Kier molecular flexibility index (Phi) is 1.62. The number of nitrogens with one attached hydrogen (secondary N) is 1. The Labute approximate surface area is 57.5 Å². The van der Waals surface area contributed by atoms with Gasteiger partial charge in [-0.1, -0.05) is 12.2 Å². The van der Waals surface area contributed by atoms with Crippen LogP contribution < -0.4 is 0 Å². The number of allylic oxidation sites excluding steroid dienone is 4. The van der Waals surface area contributed by atoms with Gasteiger partial charge in [-0.25, -0.2) is 0 Å². The first-order valence-corrected chi connectivity index (χ1v) is 2.81. The molecule has 0 heterocycles. The highest BCUT2D eigenvalue weighted by atomic mass is 16.6. The average Bonchev–Trinajstić information content (AvgIpc) is 1.88. The van der Waals surface area contributed by atoms with Gasteiger partial charge in [-0.15, -0.1) is 0 Å². The van der Waals surface area contributed by atoms with Crippen LogP contribution in [0.15, 0.2) is 23.9 Å². The second-order valence-electron chi connectivity index (χ2n) is 1.92. The maximum Gasteiger partial charge on any atom is 0.290 e. The summed E-state index contributed by atoms with van der Waals surface area (Å²) >= 11 is 0. The van der Waals surface area contributed by atoms with Crippen LogP contribution in [0.25, 0.3) is 0 Å². The maximum absolute atomic E-state index is 10.1. The Bertz CT molecular complexity index is 240. The third-order valence-electron chi connectivity index (χ3n) is 1.22. The summed E-state index contributed by atoms with van der Waals surface area (Å²) < 4.78 is 0. The minimum Gasteiger partial charge on any atom is -0.298 e. The zero-order chi connectivity index (χ0) is 7.56. The fourth-order valence-electron chi connectivity index (χ4n) is 0.721. The predicted molar refractivity (Wildman–Crippen MR) is 36.6 cm³/mol. The van der Waals surface area contributed by atoms with E-state index in [4.69, 9.17) is 5.41 Å². The van der Waals surface area contributed by atoms with Crippen LogP contribution in [0, 0.1) is 15.5 Å². The van der Waals surface area contributed by atoms with Crippen LogP contribution in [0.2, 0.25) is 0 Å². The third kappa shape index (κ3) is 1.10. The van der Waals surface area contributed by atoms with Crippen molar-refractivity contribution in [2.75, 3.05) is 0 Å². The van der Waals surface area contributed by atoms with Gasteiger partial charge in [0.2, 0.25) is 0 Å². The first kappa shape index (κ1) is 6.67. The van der Waals surface area contributed by atoms with Crippen LogP contribution in [0.1, 0.15) is 6.42 Å². The molecule has 1 N–H and O–H groups in total. The van der Waals surface area contributed by atoms with Crippen LogP contribution in [0.5, 0.6) is 0 Å². The summed E-state index contributed by atoms with van der Waals surface area (Å²) in [5.41, 5.74) is -0.0185. The minimum absolute atomic E-state index is 0.0764. The van der Waals surface area contributed by atoms with Gasteiger partial charge >= 0.3 is 0 Å². The molecule has 0 aromatic heterocycles. The van der Waals surface area contributed by atoms with Crippen LogP contribution in [-0.4, -0.2) is 10.6 Å². The number of nitrogens with zero attached hydrogens (tertiary/aromatic N) is 1. The fourth-order valence-corrected chi connectivity index (χ4v) is 0.721. The van der Waals surface area contributed by atoms with E-state index >= 15 is 0 Å². The molecule has 4 nitrogen and oxygen atoms in total. The molecule has 0 saturated carbocycles. The third-order valence-corrected chi connectivity index (χ3v) is 1.22. The van der Waals surface area contributed by atoms with E-state index in [0.29, 0.717) is 6.42 Å². The van der Waals surface area contributed by atoms with Crippen molar-refractivity contribution in [1.82, 2.24) is 0 Å². The van der Waals surface area contributed by atoms with Crippen molar-refractivity contribution in [2.24, 2.45) is 0 Å². The highest BCUT2D eigenvalue weighted by Crippen LogP contribution is 2.07. The molecule has 1 aliphatic carbocycles. The molecule has 10 heavy (non-hydrogen) atoms. The first-order chi connectivity index (χ1) is 4.72. The summed E-state index contributed by atoms with van der Waals surface area (Å²) in [4.78, 5) is 9.59. The van der Waals surface area contributed by atoms with Gasteiger partial charge in [0.25, 0.3) is 5.70 Å². The Morgan fingerprint density at radius 3 is 2.80 bits per heavy atom. The zero-order valence-electron chi connectivity index (χ0n) is 5.20. The summed E-state index contributed by atoms with van der Waals surface area (Å²) in [6.45, 7) is 0. The number of hydrogen-bond donors (Lipinski definition) is 1. The van der Waals surface area contributed by atoms with Gasteiger partial charge in [0, 0.05) is 12.5 Å². The van der Waals surface area contributed by atoms with E-state index < -0.39 is 4.92 Å². The Morgan fingerprint density at radius 1 is 1.70 bits per heavy atom. The van der Waals surface area contributed by atoms with Gasteiger partial charge in [0.15, 0.2) is 0 Å². The van der Waals surface area contributed by atoms with E-state index in [1.54, 1.807) is 12.2 Å². The lowest BCUT2D eigenvalue weighted by molar-refractivity contribution is -0.415. The summed E-state index contributed by atoms with van der Waals surface area (Å²) in [5.74, 6) is 0. The van der Waals surface area contributed by atoms with Crippen molar-refractivity contribution in [2.45, 2.75) is 6.42 Å². The van der Waals surface area contributed by atoms with E-state index in [9.17, 15) is 10.1 Å². The molecular weight excluding hydrogens is 132 g/mol. The molecule has 0 spiro atoms. The lowest BCUT2D eigenvalue weighted by Gasteiger charge is -1.99. The quantitative estimate of drug-likeness (QED) is 0.436. The van der Waals surface area contributed by atoms with Crippen LogP contribution in [0.3, 0.4) is 0 Å². The second-order valence-corrected chi connectivity index (χ2v) is 1.92. The molecule has 0 bridgehead atoms. The van der Waals surface area contributed by atoms with Gasteiger partial charge < -0.3 is 0 Å². The summed E-state index contributed by atoms with van der Waals surface area (Å²) in [6, 6.07) is 0. The minimum atomic E-state index is -0.536. The SMILES string of the molecule is N=C1CC=CC=C1[N+](=O)[O-]. The monoisotopic (exact) mass is 138 g/mol. The number of hydrogen-bond acceptors (Lipinski definition) is 3.